The van der Waals surface area contributed by atoms with Crippen molar-refractivity contribution in [2.24, 2.45) is 0 Å². The lowest BCUT2D eigenvalue weighted by atomic mass is 10.0. The number of hydrogen-bond acceptors (Lipinski definition) is 4. The van der Waals surface area contributed by atoms with Gasteiger partial charge in [-0.1, -0.05) is 42.5 Å². The van der Waals surface area contributed by atoms with E-state index in [1.54, 1.807) is 25.3 Å². The first-order valence-corrected chi connectivity index (χ1v) is 10.4. The number of carboxylic acids is 1. The zero-order chi connectivity index (χ0) is 22.5. The SMILES string of the molecule is CCOc1ccc(C(=O)O)cc1-c1cc(-c2ccccc2OC)n(Cc2ccccc2)n1. The maximum absolute atomic E-state index is 11.6. The van der Waals surface area contributed by atoms with Gasteiger partial charge in [-0.05, 0) is 48.9 Å². The number of carboxylic acid groups (broad SMARTS) is 1. The molecule has 0 radical (unpaired) electrons. The van der Waals surface area contributed by atoms with Gasteiger partial charge in [0.05, 0.1) is 37.2 Å². The van der Waals surface area contributed by atoms with Gasteiger partial charge in [-0.25, -0.2) is 4.79 Å². The van der Waals surface area contributed by atoms with Crippen LogP contribution in [0, 0.1) is 0 Å². The van der Waals surface area contributed by atoms with Crippen LogP contribution < -0.4 is 9.47 Å². The smallest absolute Gasteiger partial charge is 0.335 e. The Balaban J connectivity index is 1.89. The maximum atomic E-state index is 11.6. The topological polar surface area (TPSA) is 73.6 Å². The number of aromatic nitrogens is 2. The highest BCUT2D eigenvalue weighted by Gasteiger charge is 2.19. The number of carbonyl (C=O) groups is 1. The molecule has 0 saturated heterocycles. The molecular weight excluding hydrogens is 404 g/mol. The predicted octanol–water partition coefficient (Wildman–Crippen LogP) is 5.37. The first-order chi connectivity index (χ1) is 15.6. The van der Waals surface area contributed by atoms with Crippen molar-refractivity contribution in [2.45, 2.75) is 13.5 Å². The Hall–Kier alpha value is -4.06. The molecular formula is C26H24N2O4. The van der Waals surface area contributed by atoms with E-state index in [2.05, 4.69) is 0 Å². The minimum atomic E-state index is -0.997. The molecule has 4 aromatic rings. The van der Waals surface area contributed by atoms with Crippen molar-refractivity contribution in [2.75, 3.05) is 13.7 Å². The van der Waals surface area contributed by atoms with Crippen LogP contribution in [0.1, 0.15) is 22.8 Å². The number of nitrogens with zero attached hydrogens (tertiary/aromatic N) is 2. The van der Waals surface area contributed by atoms with E-state index in [4.69, 9.17) is 14.6 Å². The van der Waals surface area contributed by atoms with Crippen LogP contribution in [0.15, 0.2) is 78.9 Å². The zero-order valence-electron chi connectivity index (χ0n) is 18.0. The molecule has 0 atom stereocenters. The molecule has 0 aliphatic heterocycles. The number of benzene rings is 3. The number of methoxy groups -OCH3 is 1. The highest BCUT2D eigenvalue weighted by Crippen LogP contribution is 2.36. The summed E-state index contributed by atoms with van der Waals surface area (Å²) < 4.78 is 13.3. The quantitative estimate of drug-likeness (QED) is 0.408. The molecule has 0 unspecified atom stereocenters. The molecule has 6 heteroatoms. The van der Waals surface area contributed by atoms with Crippen LogP contribution in [0.2, 0.25) is 0 Å². The fourth-order valence-electron chi connectivity index (χ4n) is 3.64. The number of ether oxygens (including phenoxy) is 2. The first kappa shape index (κ1) is 21.2. The fraction of sp³-hybridized carbons (Fsp3) is 0.154. The zero-order valence-corrected chi connectivity index (χ0v) is 18.0. The molecule has 0 amide bonds. The van der Waals surface area contributed by atoms with Crippen molar-refractivity contribution in [3.8, 4) is 34.0 Å². The summed E-state index contributed by atoms with van der Waals surface area (Å²) in [6.07, 6.45) is 0. The molecule has 0 aliphatic rings. The summed E-state index contributed by atoms with van der Waals surface area (Å²) >= 11 is 0. The van der Waals surface area contributed by atoms with Crippen LogP contribution in [0.3, 0.4) is 0 Å². The predicted molar refractivity (Wildman–Crippen MR) is 123 cm³/mol. The average molecular weight is 428 g/mol. The van der Waals surface area contributed by atoms with E-state index < -0.39 is 5.97 Å². The molecule has 162 valence electrons. The highest BCUT2D eigenvalue weighted by atomic mass is 16.5. The second-order valence-electron chi connectivity index (χ2n) is 7.21. The minimum Gasteiger partial charge on any atom is -0.496 e. The Labute approximate surface area is 186 Å². The minimum absolute atomic E-state index is 0.180. The molecule has 0 fully saturated rings. The van der Waals surface area contributed by atoms with Gasteiger partial charge < -0.3 is 14.6 Å². The monoisotopic (exact) mass is 428 g/mol. The lowest BCUT2D eigenvalue weighted by Gasteiger charge is -2.11. The summed E-state index contributed by atoms with van der Waals surface area (Å²) in [6.45, 7) is 2.91. The third-order valence-electron chi connectivity index (χ3n) is 5.14. The van der Waals surface area contributed by atoms with E-state index >= 15 is 0 Å². The molecule has 4 rings (SSSR count). The number of aromatic carboxylic acids is 1. The molecule has 0 aliphatic carbocycles. The van der Waals surface area contributed by atoms with Gasteiger partial charge in [-0.2, -0.15) is 5.10 Å². The van der Waals surface area contributed by atoms with Crippen molar-refractivity contribution in [1.82, 2.24) is 9.78 Å². The van der Waals surface area contributed by atoms with E-state index in [1.807, 2.05) is 72.3 Å². The van der Waals surface area contributed by atoms with Gasteiger partial charge in [-0.15, -0.1) is 0 Å². The fourth-order valence-corrected chi connectivity index (χ4v) is 3.64. The summed E-state index contributed by atoms with van der Waals surface area (Å²) in [5, 5.41) is 14.4. The molecule has 0 spiro atoms. The number of rotatable bonds is 8. The second-order valence-corrected chi connectivity index (χ2v) is 7.21. The highest BCUT2D eigenvalue weighted by molar-refractivity contribution is 5.90. The Morgan fingerprint density at radius 3 is 2.41 bits per heavy atom. The number of para-hydroxylation sites is 1. The summed E-state index contributed by atoms with van der Waals surface area (Å²) in [5.41, 5.74) is 4.31. The third-order valence-corrected chi connectivity index (χ3v) is 5.14. The van der Waals surface area contributed by atoms with Crippen LogP contribution in [0.4, 0.5) is 0 Å². The van der Waals surface area contributed by atoms with E-state index in [9.17, 15) is 9.90 Å². The van der Waals surface area contributed by atoms with E-state index in [1.165, 1.54) is 0 Å². The molecule has 0 bridgehead atoms. The van der Waals surface area contributed by atoms with E-state index in [0.717, 1.165) is 22.6 Å². The van der Waals surface area contributed by atoms with Gasteiger partial charge >= 0.3 is 5.97 Å². The summed E-state index contributed by atoms with van der Waals surface area (Å²) in [5.74, 6) is 0.328. The summed E-state index contributed by atoms with van der Waals surface area (Å²) in [4.78, 5) is 11.6. The van der Waals surface area contributed by atoms with Crippen LogP contribution in [-0.2, 0) is 6.54 Å². The normalized spacial score (nSPS) is 10.7. The lowest BCUT2D eigenvalue weighted by molar-refractivity contribution is 0.0697. The van der Waals surface area contributed by atoms with Gasteiger partial charge in [0.1, 0.15) is 11.5 Å². The summed E-state index contributed by atoms with van der Waals surface area (Å²) in [6, 6.07) is 24.6. The standard InChI is InChI=1S/C26H24N2O4/c1-3-32-25-14-13-19(26(29)30)15-21(25)22-16-23(20-11-7-8-12-24(20)31-2)28(27-22)17-18-9-5-4-6-10-18/h4-16H,3,17H2,1-2H3,(H,29,30). The molecule has 1 heterocycles. The van der Waals surface area contributed by atoms with E-state index in [-0.39, 0.29) is 5.56 Å². The van der Waals surface area contributed by atoms with Crippen molar-refractivity contribution >= 4 is 5.97 Å². The lowest BCUT2D eigenvalue weighted by Crippen LogP contribution is -2.05. The Morgan fingerprint density at radius 2 is 1.69 bits per heavy atom. The van der Waals surface area contributed by atoms with Gasteiger partial charge in [-0.3, -0.25) is 4.68 Å². The van der Waals surface area contributed by atoms with E-state index in [0.29, 0.717) is 30.2 Å². The van der Waals surface area contributed by atoms with Crippen LogP contribution in [0.25, 0.3) is 22.5 Å². The molecule has 1 aromatic heterocycles. The first-order valence-electron chi connectivity index (χ1n) is 10.4. The van der Waals surface area contributed by atoms with Crippen LogP contribution in [-0.4, -0.2) is 34.6 Å². The van der Waals surface area contributed by atoms with Crippen LogP contribution >= 0.6 is 0 Å². The van der Waals surface area contributed by atoms with Crippen molar-refractivity contribution in [3.63, 3.8) is 0 Å². The largest absolute Gasteiger partial charge is 0.496 e. The molecule has 0 saturated carbocycles. The third kappa shape index (κ3) is 4.34. The van der Waals surface area contributed by atoms with Gasteiger partial charge in [0, 0.05) is 11.1 Å². The van der Waals surface area contributed by atoms with Crippen molar-refractivity contribution in [3.05, 3.63) is 90.0 Å². The Kier molecular flexibility index (Phi) is 6.22. The molecule has 1 N–H and O–H groups in total. The van der Waals surface area contributed by atoms with Crippen molar-refractivity contribution in [1.29, 1.82) is 0 Å². The van der Waals surface area contributed by atoms with Crippen molar-refractivity contribution < 1.29 is 19.4 Å². The van der Waals surface area contributed by atoms with Gasteiger partial charge in [0.25, 0.3) is 0 Å². The molecule has 3 aromatic carbocycles. The Bertz CT molecular complexity index is 1230. The molecule has 32 heavy (non-hydrogen) atoms. The number of hydrogen-bond donors (Lipinski definition) is 1. The average Bonchev–Trinajstić information content (AvgIpc) is 3.23. The Morgan fingerprint density at radius 1 is 0.938 bits per heavy atom. The van der Waals surface area contributed by atoms with Crippen LogP contribution in [0.5, 0.6) is 11.5 Å². The van der Waals surface area contributed by atoms with Gasteiger partial charge in [0.15, 0.2) is 0 Å². The summed E-state index contributed by atoms with van der Waals surface area (Å²) in [7, 11) is 1.64. The second kappa shape index (κ2) is 9.39. The maximum Gasteiger partial charge on any atom is 0.335 e. The van der Waals surface area contributed by atoms with Gasteiger partial charge in [0.2, 0.25) is 0 Å². The molecule has 6 nitrogen and oxygen atoms in total.